The van der Waals surface area contributed by atoms with E-state index in [1.165, 1.54) is 6.07 Å². The van der Waals surface area contributed by atoms with E-state index in [9.17, 15) is 8.42 Å². The van der Waals surface area contributed by atoms with Gasteiger partial charge in [-0.15, -0.1) is 0 Å². The molecule has 7 heteroatoms. The van der Waals surface area contributed by atoms with Crippen molar-refractivity contribution in [1.29, 1.82) is 0 Å². The van der Waals surface area contributed by atoms with Gasteiger partial charge >= 0.3 is 0 Å². The van der Waals surface area contributed by atoms with Gasteiger partial charge in [0.2, 0.25) is 10.0 Å². The fourth-order valence-corrected chi connectivity index (χ4v) is 3.62. The molecule has 134 valence electrons. The predicted octanol–water partition coefficient (Wildman–Crippen LogP) is 3.02. The maximum absolute atomic E-state index is 12.6. The van der Waals surface area contributed by atoms with E-state index in [2.05, 4.69) is 14.7 Å². The van der Waals surface area contributed by atoms with Crippen LogP contribution in [0.25, 0.3) is 11.3 Å². The minimum Gasteiger partial charge on any atom is -0.492 e. The molecule has 2 heterocycles. The molecule has 0 spiro atoms. The molecule has 0 aliphatic heterocycles. The first kappa shape index (κ1) is 18.0. The second kappa shape index (κ2) is 8.07. The molecule has 0 aliphatic rings. The first-order valence-electron chi connectivity index (χ1n) is 8.17. The molecule has 0 atom stereocenters. The zero-order chi connectivity index (χ0) is 18.4. The molecule has 6 nitrogen and oxygen atoms in total. The molecular weight excluding hydrogens is 350 g/mol. The van der Waals surface area contributed by atoms with Crippen molar-refractivity contribution in [2.45, 2.75) is 18.4 Å². The molecule has 1 aromatic carbocycles. The fourth-order valence-electron chi connectivity index (χ4n) is 2.46. The van der Waals surface area contributed by atoms with E-state index in [-0.39, 0.29) is 11.4 Å². The van der Waals surface area contributed by atoms with Crippen LogP contribution in [-0.4, -0.2) is 25.0 Å². The highest BCUT2D eigenvalue weighted by Gasteiger charge is 2.19. The number of hydrogen-bond donors (Lipinski definition) is 1. The van der Waals surface area contributed by atoms with Crippen LogP contribution in [0.15, 0.2) is 72.0 Å². The van der Waals surface area contributed by atoms with Crippen molar-refractivity contribution in [1.82, 2.24) is 14.7 Å². The minimum absolute atomic E-state index is 0.128. The second-order valence-corrected chi connectivity index (χ2v) is 7.23. The molecule has 3 rings (SSSR count). The van der Waals surface area contributed by atoms with E-state index >= 15 is 0 Å². The number of para-hydroxylation sites is 1. The molecule has 0 aliphatic carbocycles. The molecule has 1 N–H and O–H groups in total. The molecule has 0 radical (unpaired) electrons. The number of benzene rings is 1. The molecule has 0 amide bonds. The van der Waals surface area contributed by atoms with E-state index in [0.29, 0.717) is 12.4 Å². The zero-order valence-corrected chi connectivity index (χ0v) is 15.1. The van der Waals surface area contributed by atoms with Crippen LogP contribution < -0.4 is 9.46 Å². The highest BCUT2D eigenvalue weighted by Crippen LogP contribution is 2.23. The number of ether oxygens (including phenoxy) is 1. The van der Waals surface area contributed by atoms with Gasteiger partial charge in [-0.25, -0.2) is 13.1 Å². The molecule has 0 fully saturated rings. The number of rotatable bonds is 7. The van der Waals surface area contributed by atoms with E-state index in [1.54, 1.807) is 42.9 Å². The maximum atomic E-state index is 12.6. The summed E-state index contributed by atoms with van der Waals surface area (Å²) >= 11 is 0. The SMILES string of the molecule is CCOc1ccccc1S(=O)(=O)NCc1ccnc(-c2cccnc2)c1. The summed E-state index contributed by atoms with van der Waals surface area (Å²) in [6.07, 6.45) is 5.06. The molecule has 0 saturated carbocycles. The zero-order valence-electron chi connectivity index (χ0n) is 14.3. The summed E-state index contributed by atoms with van der Waals surface area (Å²) in [7, 11) is -3.70. The quantitative estimate of drug-likeness (QED) is 0.692. The number of hydrogen-bond acceptors (Lipinski definition) is 5. The van der Waals surface area contributed by atoms with Crippen molar-refractivity contribution in [3.05, 3.63) is 72.7 Å². The standard InChI is InChI=1S/C19H19N3O3S/c1-2-25-18-7-3-4-8-19(18)26(23,24)22-13-15-9-11-21-17(12-15)16-6-5-10-20-14-16/h3-12,14,22H,2,13H2,1H3. The fraction of sp³-hybridized carbons (Fsp3) is 0.158. The third-order valence-electron chi connectivity index (χ3n) is 3.69. The summed E-state index contributed by atoms with van der Waals surface area (Å²) in [6, 6.07) is 13.9. The number of sulfonamides is 1. The summed E-state index contributed by atoms with van der Waals surface area (Å²) in [5, 5.41) is 0. The van der Waals surface area contributed by atoms with Gasteiger partial charge in [0, 0.05) is 30.7 Å². The van der Waals surface area contributed by atoms with Gasteiger partial charge in [0.1, 0.15) is 10.6 Å². The largest absolute Gasteiger partial charge is 0.492 e. The molecule has 3 aromatic rings. The van der Waals surface area contributed by atoms with Gasteiger partial charge in [-0.05, 0) is 48.9 Å². The molecule has 0 unspecified atom stereocenters. The van der Waals surface area contributed by atoms with Crippen LogP contribution in [0, 0.1) is 0 Å². The van der Waals surface area contributed by atoms with Gasteiger partial charge in [-0.2, -0.15) is 0 Å². The Morgan fingerprint density at radius 2 is 1.92 bits per heavy atom. The van der Waals surface area contributed by atoms with Crippen LogP contribution in [0.1, 0.15) is 12.5 Å². The van der Waals surface area contributed by atoms with Crippen LogP contribution in [0.2, 0.25) is 0 Å². The van der Waals surface area contributed by atoms with E-state index in [4.69, 9.17) is 4.74 Å². The number of nitrogens with one attached hydrogen (secondary N) is 1. The molecular formula is C19H19N3O3S. The number of nitrogens with zero attached hydrogens (tertiary/aromatic N) is 2. The maximum Gasteiger partial charge on any atom is 0.244 e. The van der Waals surface area contributed by atoms with Gasteiger partial charge in [-0.3, -0.25) is 9.97 Å². The summed E-state index contributed by atoms with van der Waals surface area (Å²) in [6.45, 7) is 2.36. The van der Waals surface area contributed by atoms with Gasteiger partial charge in [0.25, 0.3) is 0 Å². The Morgan fingerprint density at radius 1 is 1.08 bits per heavy atom. The Labute approximate surface area is 153 Å². The van der Waals surface area contributed by atoms with Crippen LogP contribution in [-0.2, 0) is 16.6 Å². The smallest absolute Gasteiger partial charge is 0.244 e. The normalized spacial score (nSPS) is 11.3. The summed E-state index contributed by atoms with van der Waals surface area (Å²) in [4.78, 5) is 8.52. The van der Waals surface area contributed by atoms with Gasteiger partial charge in [0.15, 0.2) is 0 Å². The number of aromatic nitrogens is 2. The van der Waals surface area contributed by atoms with Crippen LogP contribution in [0.4, 0.5) is 0 Å². The van der Waals surface area contributed by atoms with Crippen LogP contribution in [0.5, 0.6) is 5.75 Å². The predicted molar refractivity (Wildman–Crippen MR) is 99.1 cm³/mol. The third-order valence-corrected chi connectivity index (χ3v) is 5.13. The Kier molecular flexibility index (Phi) is 5.60. The Bertz CT molecular complexity index is 976. The minimum atomic E-state index is -3.70. The highest BCUT2D eigenvalue weighted by molar-refractivity contribution is 7.89. The molecule has 0 saturated heterocycles. The van der Waals surface area contributed by atoms with E-state index in [0.717, 1.165) is 16.8 Å². The topological polar surface area (TPSA) is 81.2 Å². The second-order valence-electron chi connectivity index (χ2n) is 5.50. The van der Waals surface area contributed by atoms with Gasteiger partial charge in [-0.1, -0.05) is 12.1 Å². The summed E-state index contributed by atoms with van der Waals surface area (Å²) < 4.78 is 33.3. The molecule has 2 aromatic heterocycles. The lowest BCUT2D eigenvalue weighted by Gasteiger charge is -2.12. The molecule has 26 heavy (non-hydrogen) atoms. The average molecular weight is 369 g/mol. The van der Waals surface area contributed by atoms with Crippen molar-refractivity contribution in [2.75, 3.05) is 6.61 Å². The van der Waals surface area contributed by atoms with Crippen LogP contribution in [0.3, 0.4) is 0 Å². The highest BCUT2D eigenvalue weighted by atomic mass is 32.2. The van der Waals surface area contributed by atoms with Crippen molar-refractivity contribution < 1.29 is 13.2 Å². The van der Waals surface area contributed by atoms with Crippen molar-refractivity contribution >= 4 is 10.0 Å². The monoisotopic (exact) mass is 369 g/mol. The van der Waals surface area contributed by atoms with Crippen molar-refractivity contribution in [3.8, 4) is 17.0 Å². The third kappa shape index (κ3) is 4.25. The van der Waals surface area contributed by atoms with Crippen molar-refractivity contribution in [2.24, 2.45) is 0 Å². The lowest BCUT2D eigenvalue weighted by molar-refractivity contribution is 0.331. The van der Waals surface area contributed by atoms with E-state index in [1.807, 2.05) is 25.1 Å². The first-order valence-corrected chi connectivity index (χ1v) is 9.65. The number of pyridine rings is 2. The Hall–Kier alpha value is -2.77. The van der Waals surface area contributed by atoms with Gasteiger partial charge < -0.3 is 4.74 Å². The summed E-state index contributed by atoms with van der Waals surface area (Å²) in [5.74, 6) is 0.341. The van der Waals surface area contributed by atoms with Crippen molar-refractivity contribution in [3.63, 3.8) is 0 Å². The average Bonchev–Trinajstić information content (AvgIpc) is 2.68. The lowest BCUT2D eigenvalue weighted by atomic mass is 10.1. The van der Waals surface area contributed by atoms with E-state index < -0.39 is 10.0 Å². The van der Waals surface area contributed by atoms with Gasteiger partial charge in [0.05, 0.1) is 12.3 Å². The summed E-state index contributed by atoms with van der Waals surface area (Å²) in [5.41, 5.74) is 2.42. The molecule has 0 bridgehead atoms. The lowest BCUT2D eigenvalue weighted by Crippen LogP contribution is -2.24. The Balaban J connectivity index is 1.79. The Morgan fingerprint density at radius 3 is 2.69 bits per heavy atom. The first-order chi connectivity index (χ1) is 12.6. The van der Waals surface area contributed by atoms with Crippen LogP contribution >= 0.6 is 0 Å².